The second-order valence-corrected chi connectivity index (χ2v) is 7.70. The average molecular weight is 344 g/mol. The standard InChI is InChI=1S/C18H24N4OS/c1-13-5-6-16(24-13)14(2)21(3)17(23)15-7-11-22(12-8-15)18-19-9-4-10-20-18/h4-6,9-10,14-15H,7-8,11-12H2,1-3H3/t14-/m1/s1. The summed E-state index contributed by atoms with van der Waals surface area (Å²) in [5.41, 5.74) is 0. The maximum Gasteiger partial charge on any atom is 0.226 e. The Morgan fingerprint density at radius 2 is 1.96 bits per heavy atom. The zero-order valence-electron chi connectivity index (χ0n) is 14.5. The predicted octanol–water partition coefficient (Wildman–Crippen LogP) is 3.28. The van der Waals surface area contributed by atoms with Crippen LogP contribution in [0.15, 0.2) is 30.6 Å². The minimum absolute atomic E-state index is 0.0958. The van der Waals surface area contributed by atoms with Crippen molar-refractivity contribution in [3.8, 4) is 0 Å². The lowest BCUT2D eigenvalue weighted by Crippen LogP contribution is -2.42. The van der Waals surface area contributed by atoms with Crippen LogP contribution in [0.1, 0.15) is 35.6 Å². The molecule has 0 unspecified atom stereocenters. The average Bonchev–Trinajstić information content (AvgIpc) is 3.07. The topological polar surface area (TPSA) is 49.3 Å². The first-order valence-electron chi connectivity index (χ1n) is 8.41. The molecule has 0 saturated carbocycles. The van der Waals surface area contributed by atoms with Gasteiger partial charge in [0, 0.05) is 48.2 Å². The van der Waals surface area contributed by atoms with E-state index < -0.39 is 0 Å². The van der Waals surface area contributed by atoms with Gasteiger partial charge in [-0.25, -0.2) is 9.97 Å². The van der Waals surface area contributed by atoms with Crippen LogP contribution in [-0.2, 0) is 4.79 Å². The van der Waals surface area contributed by atoms with Crippen LogP contribution >= 0.6 is 11.3 Å². The van der Waals surface area contributed by atoms with Gasteiger partial charge in [0.25, 0.3) is 0 Å². The van der Waals surface area contributed by atoms with Crippen molar-refractivity contribution in [1.29, 1.82) is 0 Å². The Bertz CT molecular complexity index is 679. The first-order valence-corrected chi connectivity index (χ1v) is 9.23. The van der Waals surface area contributed by atoms with Crippen LogP contribution in [0.5, 0.6) is 0 Å². The van der Waals surface area contributed by atoms with Crippen LogP contribution in [0.3, 0.4) is 0 Å². The zero-order chi connectivity index (χ0) is 17.1. The van der Waals surface area contributed by atoms with E-state index in [0.29, 0.717) is 0 Å². The van der Waals surface area contributed by atoms with E-state index in [-0.39, 0.29) is 17.9 Å². The van der Waals surface area contributed by atoms with E-state index in [1.807, 2.05) is 18.0 Å². The van der Waals surface area contributed by atoms with Gasteiger partial charge in [-0.05, 0) is 44.9 Å². The van der Waals surface area contributed by atoms with E-state index >= 15 is 0 Å². The van der Waals surface area contributed by atoms with Crippen molar-refractivity contribution in [2.75, 3.05) is 25.0 Å². The summed E-state index contributed by atoms with van der Waals surface area (Å²) in [6.07, 6.45) is 5.24. The number of piperidine rings is 1. The molecule has 0 aromatic carbocycles. The predicted molar refractivity (Wildman–Crippen MR) is 97.2 cm³/mol. The van der Waals surface area contributed by atoms with Crippen LogP contribution in [0.25, 0.3) is 0 Å². The molecule has 5 nitrogen and oxygen atoms in total. The Morgan fingerprint density at radius 1 is 1.29 bits per heavy atom. The summed E-state index contributed by atoms with van der Waals surface area (Å²) in [6.45, 7) is 5.88. The summed E-state index contributed by atoms with van der Waals surface area (Å²) in [7, 11) is 1.93. The number of nitrogens with zero attached hydrogens (tertiary/aromatic N) is 4. The Labute approximate surface area is 147 Å². The smallest absolute Gasteiger partial charge is 0.226 e. The molecule has 3 heterocycles. The molecule has 0 bridgehead atoms. The summed E-state index contributed by atoms with van der Waals surface area (Å²) >= 11 is 1.77. The first kappa shape index (κ1) is 16.9. The first-order chi connectivity index (χ1) is 11.6. The van der Waals surface area contributed by atoms with E-state index in [1.54, 1.807) is 23.7 Å². The zero-order valence-corrected chi connectivity index (χ0v) is 15.3. The van der Waals surface area contributed by atoms with Gasteiger partial charge in [0.15, 0.2) is 0 Å². The van der Waals surface area contributed by atoms with Gasteiger partial charge in [-0.1, -0.05) is 0 Å². The SMILES string of the molecule is Cc1ccc([C@@H](C)N(C)C(=O)C2CCN(c3ncccn3)CC2)s1. The summed E-state index contributed by atoms with van der Waals surface area (Å²) in [5.74, 6) is 1.11. The fourth-order valence-electron chi connectivity index (χ4n) is 3.13. The maximum absolute atomic E-state index is 12.8. The van der Waals surface area contributed by atoms with Gasteiger partial charge in [0.05, 0.1) is 6.04 Å². The molecule has 1 aliphatic heterocycles. The molecule has 1 fully saturated rings. The quantitative estimate of drug-likeness (QED) is 0.854. The summed E-state index contributed by atoms with van der Waals surface area (Å²) in [5, 5.41) is 0. The van der Waals surface area contributed by atoms with E-state index in [2.05, 4.69) is 40.8 Å². The number of carbonyl (C=O) groups excluding carboxylic acids is 1. The van der Waals surface area contributed by atoms with Crippen molar-refractivity contribution in [3.05, 3.63) is 40.3 Å². The molecular formula is C18H24N4OS. The van der Waals surface area contributed by atoms with Crippen molar-refractivity contribution in [2.45, 2.75) is 32.7 Å². The Kier molecular flexibility index (Phi) is 5.14. The molecule has 6 heteroatoms. The summed E-state index contributed by atoms with van der Waals surface area (Å²) in [6, 6.07) is 6.20. The lowest BCUT2D eigenvalue weighted by atomic mass is 9.95. The largest absolute Gasteiger partial charge is 0.341 e. The molecule has 128 valence electrons. The van der Waals surface area contributed by atoms with Gasteiger partial charge in [-0.15, -0.1) is 11.3 Å². The third-order valence-electron chi connectivity index (χ3n) is 4.78. The molecular weight excluding hydrogens is 320 g/mol. The van der Waals surface area contributed by atoms with Crippen molar-refractivity contribution in [3.63, 3.8) is 0 Å². The molecule has 1 atom stereocenters. The number of aryl methyl sites for hydroxylation is 1. The van der Waals surface area contributed by atoms with Gasteiger partial charge in [0.2, 0.25) is 11.9 Å². The number of hydrogen-bond acceptors (Lipinski definition) is 5. The van der Waals surface area contributed by atoms with Gasteiger partial charge >= 0.3 is 0 Å². The normalized spacial score (nSPS) is 16.9. The highest BCUT2D eigenvalue weighted by atomic mass is 32.1. The number of rotatable bonds is 4. The van der Waals surface area contributed by atoms with Gasteiger partial charge in [0.1, 0.15) is 0 Å². The molecule has 1 amide bonds. The fourth-order valence-corrected chi connectivity index (χ4v) is 4.10. The van der Waals surface area contributed by atoms with Gasteiger partial charge in [-0.2, -0.15) is 0 Å². The summed E-state index contributed by atoms with van der Waals surface area (Å²) in [4.78, 5) is 28.0. The lowest BCUT2D eigenvalue weighted by Gasteiger charge is -2.34. The van der Waals surface area contributed by atoms with Crippen LogP contribution in [0.4, 0.5) is 5.95 Å². The van der Waals surface area contributed by atoms with Crippen LogP contribution < -0.4 is 4.90 Å². The molecule has 0 N–H and O–H groups in total. The third-order valence-corrected chi connectivity index (χ3v) is 5.95. The highest BCUT2D eigenvalue weighted by Crippen LogP contribution is 2.29. The Balaban J connectivity index is 1.58. The molecule has 2 aromatic heterocycles. The second kappa shape index (κ2) is 7.30. The number of hydrogen-bond donors (Lipinski definition) is 0. The number of aromatic nitrogens is 2. The molecule has 0 spiro atoms. The molecule has 1 saturated heterocycles. The van der Waals surface area contributed by atoms with Gasteiger partial charge in [-0.3, -0.25) is 4.79 Å². The van der Waals surface area contributed by atoms with E-state index in [1.165, 1.54) is 9.75 Å². The van der Waals surface area contributed by atoms with Crippen LogP contribution in [0.2, 0.25) is 0 Å². The van der Waals surface area contributed by atoms with Crippen molar-refractivity contribution in [1.82, 2.24) is 14.9 Å². The molecule has 0 radical (unpaired) electrons. The molecule has 3 rings (SSSR count). The minimum atomic E-state index is 0.0958. The van der Waals surface area contributed by atoms with Crippen molar-refractivity contribution >= 4 is 23.2 Å². The summed E-state index contributed by atoms with van der Waals surface area (Å²) < 4.78 is 0. The molecule has 1 aliphatic rings. The minimum Gasteiger partial charge on any atom is -0.341 e. The number of carbonyl (C=O) groups is 1. The highest BCUT2D eigenvalue weighted by Gasteiger charge is 2.30. The monoisotopic (exact) mass is 344 g/mol. The van der Waals surface area contributed by atoms with E-state index in [0.717, 1.165) is 31.9 Å². The van der Waals surface area contributed by atoms with Crippen molar-refractivity contribution < 1.29 is 4.79 Å². The molecule has 24 heavy (non-hydrogen) atoms. The van der Waals surface area contributed by atoms with Gasteiger partial charge < -0.3 is 9.80 Å². The fraction of sp³-hybridized carbons (Fsp3) is 0.500. The maximum atomic E-state index is 12.8. The Hall–Kier alpha value is -1.95. The van der Waals surface area contributed by atoms with E-state index in [9.17, 15) is 4.79 Å². The second-order valence-electron chi connectivity index (χ2n) is 6.38. The lowest BCUT2D eigenvalue weighted by molar-refractivity contribution is -0.136. The third kappa shape index (κ3) is 3.59. The van der Waals surface area contributed by atoms with Crippen LogP contribution in [-0.4, -0.2) is 40.9 Å². The molecule has 0 aliphatic carbocycles. The highest BCUT2D eigenvalue weighted by molar-refractivity contribution is 7.12. The number of anilines is 1. The molecule has 2 aromatic rings. The van der Waals surface area contributed by atoms with Crippen molar-refractivity contribution in [2.24, 2.45) is 5.92 Å². The van der Waals surface area contributed by atoms with E-state index in [4.69, 9.17) is 0 Å². The van der Waals surface area contributed by atoms with Crippen LogP contribution in [0, 0.1) is 12.8 Å². The Morgan fingerprint density at radius 3 is 2.54 bits per heavy atom. The number of amides is 1. The number of thiophene rings is 1.